The highest BCUT2D eigenvalue weighted by Gasteiger charge is 2.68. The van der Waals surface area contributed by atoms with E-state index in [4.69, 9.17) is 13.7 Å². The molecule has 2 aromatic carbocycles. The lowest BCUT2D eigenvalue weighted by atomic mass is 9.43. The second-order valence-electron chi connectivity index (χ2n) is 12.0. The van der Waals surface area contributed by atoms with E-state index in [0.29, 0.717) is 23.9 Å². The molecule has 8 heteroatoms. The van der Waals surface area contributed by atoms with Gasteiger partial charge in [0.2, 0.25) is 11.8 Å². The number of amides is 2. The number of carbonyl (C=O) groups is 2. The van der Waals surface area contributed by atoms with Gasteiger partial charge in [0, 0.05) is 18.0 Å². The number of hydrogen-bond acceptors (Lipinski definition) is 5. The van der Waals surface area contributed by atoms with Crippen LogP contribution in [0.15, 0.2) is 59.2 Å². The molecule has 2 unspecified atom stereocenters. The van der Waals surface area contributed by atoms with E-state index in [0.717, 1.165) is 28.5 Å². The van der Waals surface area contributed by atoms with Gasteiger partial charge in [-0.1, -0.05) is 44.2 Å². The van der Waals surface area contributed by atoms with E-state index in [1.165, 1.54) is 13.3 Å². The SMILES string of the molecule is CC(=O)Nc1cccc(CC(=O)N[C@@H](Cc2coc3ccccc23)B2O[C@@H]3CC4CC(C4(C)C)[C@]3(C)O2)c1. The third-order valence-corrected chi connectivity index (χ3v) is 9.26. The van der Waals surface area contributed by atoms with Crippen LogP contribution < -0.4 is 10.6 Å². The fraction of sp³-hybridized carbons (Fsp3) is 0.467. The zero-order chi connectivity index (χ0) is 26.7. The van der Waals surface area contributed by atoms with Crippen LogP contribution in [-0.4, -0.2) is 36.6 Å². The number of carbonyl (C=O) groups excluding carboxylic acids is 2. The molecule has 2 heterocycles. The second kappa shape index (κ2) is 9.28. The maximum absolute atomic E-state index is 13.3. The summed E-state index contributed by atoms with van der Waals surface area (Å²) in [6.45, 7) is 8.35. The lowest BCUT2D eigenvalue weighted by molar-refractivity contribution is -0.199. The van der Waals surface area contributed by atoms with Gasteiger partial charge in [-0.2, -0.15) is 0 Å². The molecule has 0 spiro atoms. The number of benzene rings is 2. The Bertz CT molecular complexity index is 1390. The van der Waals surface area contributed by atoms with Crippen molar-refractivity contribution < 1.29 is 23.3 Å². The molecule has 2 amide bonds. The first-order valence-corrected chi connectivity index (χ1v) is 13.6. The number of rotatable bonds is 7. The second-order valence-corrected chi connectivity index (χ2v) is 12.0. The van der Waals surface area contributed by atoms with Gasteiger partial charge in [0.15, 0.2) is 0 Å². The smallest absolute Gasteiger partial charge is 0.464 e. The Morgan fingerprint density at radius 3 is 2.71 bits per heavy atom. The molecular formula is C30H35BN2O5. The number of furan rings is 1. The van der Waals surface area contributed by atoms with Crippen LogP contribution >= 0.6 is 0 Å². The van der Waals surface area contributed by atoms with Crippen LogP contribution in [0.4, 0.5) is 5.69 Å². The predicted octanol–water partition coefficient (Wildman–Crippen LogP) is 4.93. The maximum atomic E-state index is 13.3. The van der Waals surface area contributed by atoms with Crippen LogP contribution in [-0.2, 0) is 31.7 Å². The molecule has 2 N–H and O–H groups in total. The first kappa shape index (κ1) is 25.2. The van der Waals surface area contributed by atoms with Crippen molar-refractivity contribution in [2.24, 2.45) is 17.3 Å². The van der Waals surface area contributed by atoms with Crippen molar-refractivity contribution >= 4 is 35.6 Å². The molecule has 1 aromatic heterocycles. The van der Waals surface area contributed by atoms with Gasteiger partial charge >= 0.3 is 7.12 Å². The quantitative estimate of drug-likeness (QED) is 0.437. The van der Waals surface area contributed by atoms with E-state index >= 15 is 0 Å². The minimum Gasteiger partial charge on any atom is -0.464 e. The molecule has 4 fully saturated rings. The van der Waals surface area contributed by atoms with E-state index < -0.39 is 7.12 Å². The Kier molecular flexibility index (Phi) is 6.15. The summed E-state index contributed by atoms with van der Waals surface area (Å²) in [4.78, 5) is 24.8. The first-order chi connectivity index (χ1) is 18.1. The van der Waals surface area contributed by atoms with Crippen molar-refractivity contribution in [3.63, 3.8) is 0 Å². The highest BCUT2D eigenvalue weighted by Crippen LogP contribution is 2.65. The molecule has 7 rings (SSSR count). The number of nitrogens with one attached hydrogen (secondary N) is 2. The summed E-state index contributed by atoms with van der Waals surface area (Å²) in [5, 5.41) is 7.03. The van der Waals surface area contributed by atoms with Gasteiger partial charge < -0.3 is 24.4 Å². The van der Waals surface area contributed by atoms with Crippen LogP contribution in [0.2, 0.25) is 0 Å². The number of para-hydroxylation sites is 1. The highest BCUT2D eigenvalue weighted by atomic mass is 16.7. The minimum atomic E-state index is -0.552. The molecule has 4 aliphatic rings. The molecule has 198 valence electrons. The Hall–Kier alpha value is -3.10. The first-order valence-electron chi connectivity index (χ1n) is 13.6. The van der Waals surface area contributed by atoms with Gasteiger partial charge in [-0.3, -0.25) is 9.59 Å². The number of hydrogen-bond donors (Lipinski definition) is 2. The zero-order valence-electron chi connectivity index (χ0n) is 22.5. The molecule has 0 radical (unpaired) electrons. The molecular weight excluding hydrogens is 479 g/mol. The van der Waals surface area contributed by atoms with Crippen molar-refractivity contribution in [3.05, 3.63) is 65.9 Å². The van der Waals surface area contributed by atoms with E-state index in [2.05, 4.69) is 31.4 Å². The maximum Gasteiger partial charge on any atom is 0.482 e. The third kappa shape index (κ3) is 4.33. The minimum absolute atomic E-state index is 0.0270. The fourth-order valence-electron chi connectivity index (χ4n) is 7.12. The molecule has 38 heavy (non-hydrogen) atoms. The summed E-state index contributed by atoms with van der Waals surface area (Å²) in [7, 11) is -0.552. The number of anilines is 1. The molecule has 1 saturated heterocycles. The average molecular weight is 514 g/mol. The lowest BCUT2D eigenvalue weighted by Crippen LogP contribution is -2.65. The molecule has 5 atom stereocenters. The molecule has 1 aliphatic heterocycles. The van der Waals surface area contributed by atoms with E-state index in [1.807, 2.05) is 48.5 Å². The van der Waals surface area contributed by atoms with Gasteiger partial charge in [0.25, 0.3) is 0 Å². The van der Waals surface area contributed by atoms with Crippen LogP contribution in [0.3, 0.4) is 0 Å². The standard InChI is InChI=1S/C30H35BN2O5/c1-18(34)32-22-9-7-8-19(12-22)13-28(35)33-27(14-20-17-36-24-11-6-5-10-23(20)24)31-37-26-16-21-15-25(29(21,2)3)30(26,4)38-31/h5-12,17,21,25-27H,13-16H2,1-4H3,(H,32,34)(H,33,35)/t21?,25?,26-,27+,30+/m1/s1. The predicted molar refractivity (Wildman–Crippen MR) is 146 cm³/mol. The van der Waals surface area contributed by atoms with E-state index in [1.54, 1.807) is 6.26 Å². The topological polar surface area (TPSA) is 89.8 Å². The van der Waals surface area contributed by atoms with Crippen molar-refractivity contribution in [1.29, 1.82) is 0 Å². The summed E-state index contributed by atoms with van der Waals surface area (Å²) < 4.78 is 19.1. The van der Waals surface area contributed by atoms with Crippen LogP contribution in [0.1, 0.15) is 51.7 Å². The van der Waals surface area contributed by atoms with Crippen LogP contribution in [0, 0.1) is 17.3 Å². The number of fused-ring (bicyclic) bond motifs is 1. The Balaban J connectivity index is 1.24. The van der Waals surface area contributed by atoms with E-state index in [-0.39, 0.29) is 41.3 Å². The molecule has 3 saturated carbocycles. The van der Waals surface area contributed by atoms with Gasteiger partial charge in [-0.25, -0.2) is 0 Å². The van der Waals surface area contributed by atoms with Crippen LogP contribution in [0.5, 0.6) is 0 Å². The van der Waals surface area contributed by atoms with Gasteiger partial charge in [0.05, 0.1) is 30.3 Å². The summed E-state index contributed by atoms with van der Waals surface area (Å²) in [5.74, 6) is 0.427. The largest absolute Gasteiger partial charge is 0.482 e. The van der Waals surface area contributed by atoms with Gasteiger partial charge in [-0.15, -0.1) is 0 Å². The Morgan fingerprint density at radius 1 is 1.11 bits per heavy atom. The van der Waals surface area contributed by atoms with Crippen molar-refractivity contribution in [3.8, 4) is 0 Å². The van der Waals surface area contributed by atoms with Crippen molar-refractivity contribution in [2.45, 2.75) is 71.0 Å². The monoisotopic (exact) mass is 514 g/mol. The van der Waals surface area contributed by atoms with E-state index in [9.17, 15) is 9.59 Å². The Labute approximate surface area is 223 Å². The highest BCUT2D eigenvalue weighted by molar-refractivity contribution is 6.48. The summed E-state index contributed by atoms with van der Waals surface area (Å²) in [6, 6.07) is 15.3. The summed E-state index contributed by atoms with van der Waals surface area (Å²) in [5.41, 5.74) is 3.19. The third-order valence-electron chi connectivity index (χ3n) is 9.26. The van der Waals surface area contributed by atoms with Gasteiger partial charge in [0.1, 0.15) is 5.58 Å². The van der Waals surface area contributed by atoms with Crippen LogP contribution in [0.25, 0.3) is 11.0 Å². The van der Waals surface area contributed by atoms with Gasteiger partial charge in [-0.05, 0) is 72.8 Å². The molecule has 3 aliphatic carbocycles. The van der Waals surface area contributed by atoms with Crippen molar-refractivity contribution in [2.75, 3.05) is 5.32 Å². The summed E-state index contributed by atoms with van der Waals surface area (Å²) in [6.07, 6.45) is 4.66. The average Bonchev–Trinajstić information content (AvgIpc) is 3.43. The molecule has 3 aromatic rings. The van der Waals surface area contributed by atoms with Crippen molar-refractivity contribution in [1.82, 2.24) is 5.32 Å². The molecule has 7 nitrogen and oxygen atoms in total. The normalized spacial score (nSPS) is 27.9. The lowest BCUT2D eigenvalue weighted by Gasteiger charge is -2.64. The molecule has 2 bridgehead atoms. The fourth-order valence-corrected chi connectivity index (χ4v) is 7.12. The Morgan fingerprint density at radius 2 is 1.92 bits per heavy atom. The zero-order valence-corrected chi connectivity index (χ0v) is 22.5. The summed E-state index contributed by atoms with van der Waals surface area (Å²) >= 11 is 0.